The average Bonchev–Trinajstić information content (AvgIpc) is 3.18. The summed E-state index contributed by atoms with van der Waals surface area (Å²) in [7, 11) is 1.93. The number of pyridine rings is 1. The van der Waals surface area contributed by atoms with Gasteiger partial charge in [0.25, 0.3) is 5.91 Å². The normalized spacial score (nSPS) is 18.3. The van der Waals surface area contributed by atoms with E-state index in [4.69, 9.17) is 0 Å². The van der Waals surface area contributed by atoms with Gasteiger partial charge < -0.3 is 15.1 Å². The first kappa shape index (κ1) is 25.2. The van der Waals surface area contributed by atoms with Crippen molar-refractivity contribution >= 4 is 17.5 Å². The number of benzene rings is 1. The fourth-order valence-corrected chi connectivity index (χ4v) is 5.49. The number of nitrogens with one attached hydrogen (secondary N) is 1. The van der Waals surface area contributed by atoms with Crippen molar-refractivity contribution in [3.63, 3.8) is 0 Å². The summed E-state index contributed by atoms with van der Waals surface area (Å²) in [5.41, 5.74) is 6.31. The fraction of sp³-hybridized carbons (Fsp3) is 0.552. The fourth-order valence-electron chi connectivity index (χ4n) is 5.49. The smallest absolute Gasteiger partial charge is 0.253 e. The van der Waals surface area contributed by atoms with Crippen LogP contribution in [0, 0.1) is 19.3 Å². The van der Waals surface area contributed by atoms with Crippen LogP contribution in [0.25, 0.3) is 0 Å². The zero-order valence-electron chi connectivity index (χ0n) is 22.1. The molecule has 1 saturated heterocycles. The highest BCUT2D eigenvalue weighted by Crippen LogP contribution is 2.33. The molecule has 0 spiro atoms. The van der Waals surface area contributed by atoms with E-state index in [1.165, 1.54) is 11.3 Å². The average molecular weight is 477 g/mol. The summed E-state index contributed by atoms with van der Waals surface area (Å²) in [6.45, 7) is 12.1. The van der Waals surface area contributed by atoms with Gasteiger partial charge in [-0.1, -0.05) is 26.8 Å². The van der Waals surface area contributed by atoms with Crippen LogP contribution in [0.5, 0.6) is 0 Å². The number of aromatic nitrogens is 1. The number of rotatable bonds is 5. The number of nitrogens with zero attached hydrogens (tertiary/aromatic N) is 3. The molecule has 1 aromatic carbocycles. The summed E-state index contributed by atoms with van der Waals surface area (Å²) in [6.07, 6.45) is 4.22. The highest BCUT2D eigenvalue weighted by molar-refractivity contribution is 5.94. The minimum absolute atomic E-state index is 0.00609. The van der Waals surface area contributed by atoms with Crippen LogP contribution in [-0.4, -0.2) is 47.9 Å². The van der Waals surface area contributed by atoms with Gasteiger partial charge in [0.15, 0.2) is 0 Å². The first-order valence-corrected chi connectivity index (χ1v) is 12.9. The van der Waals surface area contributed by atoms with Crippen molar-refractivity contribution in [2.24, 2.45) is 5.41 Å². The van der Waals surface area contributed by atoms with Crippen molar-refractivity contribution in [2.75, 3.05) is 25.0 Å². The molecule has 2 heterocycles. The van der Waals surface area contributed by atoms with Crippen LogP contribution in [0.1, 0.15) is 85.4 Å². The van der Waals surface area contributed by atoms with Crippen LogP contribution >= 0.6 is 0 Å². The largest absolute Gasteiger partial charge is 0.371 e. The molecule has 0 radical (unpaired) electrons. The van der Waals surface area contributed by atoms with E-state index in [2.05, 4.69) is 54.2 Å². The molecule has 35 heavy (non-hydrogen) atoms. The molecule has 0 bridgehead atoms. The maximum atomic E-state index is 13.4. The summed E-state index contributed by atoms with van der Waals surface area (Å²) in [4.78, 5) is 34.8. The van der Waals surface area contributed by atoms with E-state index in [9.17, 15) is 9.59 Å². The standard InChI is InChI=1S/C29H40N4O2/c1-19-15-24(16-20(2)30-19)33-13-11-23(12-14-33)32(6)28(35)22-8-7-21-9-10-26(25(21)17-22)31-27(34)18-29(3,4)5/h7-8,15-17,23,26H,9-14,18H2,1-6H3,(H,31,34). The second-order valence-corrected chi connectivity index (χ2v) is 11.6. The number of carbonyl (C=O) groups is 2. The molecular formula is C29H40N4O2. The van der Waals surface area contributed by atoms with Gasteiger partial charge in [0.05, 0.1) is 6.04 Å². The number of hydrogen-bond donors (Lipinski definition) is 1. The van der Waals surface area contributed by atoms with Gasteiger partial charge >= 0.3 is 0 Å². The summed E-state index contributed by atoms with van der Waals surface area (Å²) in [5, 5.41) is 3.20. The maximum absolute atomic E-state index is 13.4. The molecule has 1 aliphatic heterocycles. The van der Waals surface area contributed by atoms with Crippen molar-refractivity contribution < 1.29 is 9.59 Å². The van der Waals surface area contributed by atoms with Crippen LogP contribution in [0.4, 0.5) is 5.69 Å². The van der Waals surface area contributed by atoms with Crippen LogP contribution < -0.4 is 10.2 Å². The molecular weight excluding hydrogens is 436 g/mol. The summed E-state index contributed by atoms with van der Waals surface area (Å²) in [5.74, 6) is 0.143. The van der Waals surface area contributed by atoms with E-state index in [-0.39, 0.29) is 29.3 Å². The van der Waals surface area contributed by atoms with Crippen LogP contribution in [0.3, 0.4) is 0 Å². The van der Waals surface area contributed by atoms with Gasteiger partial charge in [0, 0.05) is 55.2 Å². The summed E-state index contributed by atoms with van der Waals surface area (Å²) >= 11 is 0. The van der Waals surface area contributed by atoms with Gasteiger partial charge in [-0.15, -0.1) is 0 Å². The molecule has 2 amide bonds. The number of carbonyl (C=O) groups excluding carboxylic acids is 2. The molecule has 0 saturated carbocycles. The third kappa shape index (κ3) is 6.03. The summed E-state index contributed by atoms with van der Waals surface area (Å²) < 4.78 is 0. The lowest BCUT2D eigenvalue weighted by molar-refractivity contribution is -0.123. The first-order chi connectivity index (χ1) is 16.5. The number of piperidine rings is 1. The lowest BCUT2D eigenvalue weighted by atomic mass is 9.91. The quantitative estimate of drug-likeness (QED) is 0.661. The predicted octanol–water partition coefficient (Wildman–Crippen LogP) is 4.98. The zero-order valence-corrected chi connectivity index (χ0v) is 22.1. The Hall–Kier alpha value is -2.89. The third-order valence-electron chi connectivity index (χ3n) is 7.26. The van der Waals surface area contributed by atoms with Gasteiger partial charge in [-0.25, -0.2) is 0 Å². The Kier molecular flexibility index (Phi) is 7.20. The number of aryl methyl sites for hydroxylation is 3. The van der Waals surface area contributed by atoms with E-state index < -0.39 is 0 Å². The Bertz CT molecular complexity index is 1080. The molecule has 1 aliphatic carbocycles. The topological polar surface area (TPSA) is 65.5 Å². The Morgan fingerprint density at radius 3 is 2.34 bits per heavy atom. The molecule has 6 heteroatoms. The SMILES string of the molecule is Cc1cc(N2CCC(N(C)C(=O)c3ccc4c(c3)C(NC(=O)CC(C)(C)C)CC4)CC2)cc(C)n1. The van der Waals surface area contributed by atoms with Gasteiger partial charge in [-0.05, 0) is 80.3 Å². The van der Waals surface area contributed by atoms with Crippen molar-refractivity contribution in [1.29, 1.82) is 0 Å². The molecule has 1 aromatic heterocycles. The molecule has 1 fully saturated rings. The van der Waals surface area contributed by atoms with E-state index >= 15 is 0 Å². The van der Waals surface area contributed by atoms with E-state index in [0.29, 0.717) is 12.0 Å². The highest BCUT2D eigenvalue weighted by Gasteiger charge is 2.29. The van der Waals surface area contributed by atoms with Crippen LogP contribution in [0.2, 0.25) is 0 Å². The number of anilines is 1. The number of amides is 2. The van der Waals surface area contributed by atoms with E-state index in [0.717, 1.165) is 55.7 Å². The molecule has 1 unspecified atom stereocenters. The van der Waals surface area contributed by atoms with Crippen molar-refractivity contribution in [2.45, 2.75) is 78.8 Å². The second kappa shape index (κ2) is 10.00. The Labute approximate surface area is 210 Å². The highest BCUT2D eigenvalue weighted by atomic mass is 16.2. The van der Waals surface area contributed by atoms with Crippen LogP contribution in [0.15, 0.2) is 30.3 Å². The Balaban J connectivity index is 1.39. The second-order valence-electron chi connectivity index (χ2n) is 11.6. The van der Waals surface area contributed by atoms with Crippen molar-refractivity contribution in [3.8, 4) is 0 Å². The lowest BCUT2D eigenvalue weighted by Crippen LogP contribution is -2.45. The molecule has 188 valence electrons. The lowest BCUT2D eigenvalue weighted by Gasteiger charge is -2.38. The minimum atomic E-state index is -0.0450. The third-order valence-corrected chi connectivity index (χ3v) is 7.26. The predicted molar refractivity (Wildman–Crippen MR) is 141 cm³/mol. The number of fused-ring (bicyclic) bond motifs is 1. The Morgan fingerprint density at radius 1 is 1.06 bits per heavy atom. The van der Waals surface area contributed by atoms with Gasteiger partial charge in [-0.2, -0.15) is 0 Å². The van der Waals surface area contributed by atoms with Crippen LogP contribution in [-0.2, 0) is 11.2 Å². The zero-order chi connectivity index (χ0) is 25.3. The molecule has 1 atom stereocenters. The van der Waals surface area contributed by atoms with E-state index in [1.54, 1.807) is 0 Å². The minimum Gasteiger partial charge on any atom is -0.371 e. The van der Waals surface area contributed by atoms with Gasteiger partial charge in [0.1, 0.15) is 0 Å². The van der Waals surface area contributed by atoms with Crippen molar-refractivity contribution in [1.82, 2.24) is 15.2 Å². The van der Waals surface area contributed by atoms with Gasteiger partial charge in [0.2, 0.25) is 5.91 Å². The molecule has 2 aromatic rings. The maximum Gasteiger partial charge on any atom is 0.253 e. The molecule has 1 N–H and O–H groups in total. The van der Waals surface area contributed by atoms with E-state index in [1.807, 2.05) is 37.9 Å². The molecule has 6 nitrogen and oxygen atoms in total. The number of hydrogen-bond acceptors (Lipinski definition) is 4. The molecule has 2 aliphatic rings. The molecule has 4 rings (SSSR count). The van der Waals surface area contributed by atoms with Gasteiger partial charge in [-0.3, -0.25) is 14.6 Å². The Morgan fingerprint density at radius 2 is 1.71 bits per heavy atom. The summed E-state index contributed by atoms with van der Waals surface area (Å²) in [6, 6.07) is 10.5. The van der Waals surface area contributed by atoms with Crippen molar-refractivity contribution in [3.05, 3.63) is 58.4 Å². The monoisotopic (exact) mass is 476 g/mol. The first-order valence-electron chi connectivity index (χ1n) is 12.9.